The van der Waals surface area contributed by atoms with Crippen LogP contribution in [0.3, 0.4) is 0 Å². The van der Waals surface area contributed by atoms with Crippen LogP contribution in [-0.4, -0.2) is 65.1 Å². The molecule has 2 aliphatic heterocycles. The first-order valence-corrected chi connectivity index (χ1v) is 10.3. The summed E-state index contributed by atoms with van der Waals surface area (Å²) in [5.41, 5.74) is 1.05. The van der Waals surface area contributed by atoms with Crippen LogP contribution in [0.25, 0.3) is 0 Å². The number of unbranched alkanes of at least 4 members (excludes halogenated alkanes) is 1. The number of aromatic nitrogens is 2. The number of carbonyl (C=O) groups is 1. The van der Waals surface area contributed by atoms with Crippen LogP contribution in [0, 0.1) is 5.92 Å². The highest BCUT2D eigenvalue weighted by molar-refractivity contribution is 5.74. The Bertz CT molecular complexity index is 544. The van der Waals surface area contributed by atoms with Gasteiger partial charge in [0, 0.05) is 37.4 Å². The highest BCUT2D eigenvalue weighted by Gasteiger charge is 2.26. The number of nitrogens with one attached hydrogen (secondary N) is 1. The van der Waals surface area contributed by atoms with Crippen molar-refractivity contribution in [1.29, 1.82) is 0 Å². The van der Waals surface area contributed by atoms with Gasteiger partial charge in [0.05, 0.1) is 0 Å². The van der Waals surface area contributed by atoms with Gasteiger partial charge in [-0.3, -0.25) is 0 Å². The maximum Gasteiger partial charge on any atom is 0.317 e. The lowest BCUT2D eigenvalue weighted by molar-refractivity contribution is 0.163. The van der Waals surface area contributed by atoms with E-state index in [-0.39, 0.29) is 6.03 Å². The van der Waals surface area contributed by atoms with Gasteiger partial charge in [-0.15, -0.1) is 0 Å². The maximum absolute atomic E-state index is 12.6. The van der Waals surface area contributed by atoms with Gasteiger partial charge >= 0.3 is 6.03 Å². The number of amides is 2. The minimum absolute atomic E-state index is 0.0946. The van der Waals surface area contributed by atoms with Crippen molar-refractivity contribution in [3.8, 4) is 0 Å². The minimum Gasteiger partial charge on any atom is -0.338 e. The Kier molecular flexibility index (Phi) is 7.23. The van der Waals surface area contributed by atoms with E-state index in [9.17, 15) is 4.79 Å². The van der Waals surface area contributed by atoms with Crippen LogP contribution in [-0.2, 0) is 0 Å². The van der Waals surface area contributed by atoms with Crippen LogP contribution in [0.15, 0.2) is 18.6 Å². The van der Waals surface area contributed by atoms with E-state index in [1.807, 2.05) is 11.0 Å². The second-order valence-corrected chi connectivity index (χ2v) is 7.74. The summed E-state index contributed by atoms with van der Waals surface area (Å²) in [6, 6.07) is 2.07. The number of piperidine rings is 2. The molecular formula is C20H33N5O. The Morgan fingerprint density at radius 3 is 2.85 bits per heavy atom. The van der Waals surface area contributed by atoms with Crippen molar-refractivity contribution in [3.05, 3.63) is 24.3 Å². The SMILES string of the molecule is CCCCN1CCC(CNC(=O)N2CCCC(c3ccncn3)C2)CC1. The van der Waals surface area contributed by atoms with Gasteiger partial charge in [0.1, 0.15) is 6.33 Å². The first kappa shape index (κ1) is 19.1. The number of hydrogen-bond donors (Lipinski definition) is 1. The molecule has 1 aromatic heterocycles. The Labute approximate surface area is 157 Å². The molecule has 1 aromatic rings. The van der Waals surface area contributed by atoms with E-state index in [0.29, 0.717) is 11.8 Å². The molecule has 1 atom stereocenters. The van der Waals surface area contributed by atoms with Gasteiger partial charge in [-0.05, 0) is 63.7 Å². The summed E-state index contributed by atoms with van der Waals surface area (Å²) < 4.78 is 0. The number of nitrogens with zero attached hydrogens (tertiary/aromatic N) is 4. The largest absolute Gasteiger partial charge is 0.338 e. The molecule has 0 aliphatic carbocycles. The third-order valence-electron chi connectivity index (χ3n) is 5.81. The normalized spacial score (nSPS) is 22.3. The van der Waals surface area contributed by atoms with Crippen molar-refractivity contribution in [2.45, 2.75) is 51.4 Å². The molecule has 2 saturated heterocycles. The number of carbonyl (C=O) groups excluding carboxylic acids is 1. The summed E-state index contributed by atoms with van der Waals surface area (Å²) in [4.78, 5) is 25.5. The highest BCUT2D eigenvalue weighted by atomic mass is 16.2. The van der Waals surface area contributed by atoms with E-state index in [1.165, 1.54) is 45.3 Å². The second-order valence-electron chi connectivity index (χ2n) is 7.74. The van der Waals surface area contributed by atoms with Gasteiger partial charge in [-0.1, -0.05) is 13.3 Å². The fraction of sp³-hybridized carbons (Fsp3) is 0.750. The fourth-order valence-corrected chi connectivity index (χ4v) is 4.08. The number of urea groups is 1. The number of rotatable bonds is 6. The Morgan fingerprint density at radius 1 is 1.27 bits per heavy atom. The standard InChI is InChI=1S/C20H33N5O/c1-2-3-10-24-12-7-17(8-13-24)14-22-20(26)25-11-4-5-18(15-25)19-6-9-21-16-23-19/h6,9,16-18H,2-5,7-8,10-15H2,1H3,(H,22,26). The lowest BCUT2D eigenvalue weighted by Gasteiger charge is -2.34. The van der Waals surface area contributed by atoms with E-state index in [2.05, 4.69) is 27.1 Å². The van der Waals surface area contributed by atoms with Crippen molar-refractivity contribution in [2.75, 3.05) is 39.3 Å². The molecule has 2 fully saturated rings. The molecular weight excluding hydrogens is 326 g/mol. The quantitative estimate of drug-likeness (QED) is 0.848. The van der Waals surface area contributed by atoms with Gasteiger partial charge in [0.15, 0.2) is 0 Å². The molecule has 1 N–H and O–H groups in total. The topological polar surface area (TPSA) is 61.4 Å². The predicted molar refractivity (Wildman–Crippen MR) is 103 cm³/mol. The molecule has 0 saturated carbocycles. The molecule has 26 heavy (non-hydrogen) atoms. The summed E-state index contributed by atoms with van der Waals surface area (Å²) >= 11 is 0. The van der Waals surface area contributed by atoms with E-state index >= 15 is 0 Å². The Morgan fingerprint density at radius 2 is 2.12 bits per heavy atom. The van der Waals surface area contributed by atoms with E-state index in [0.717, 1.165) is 38.2 Å². The zero-order valence-corrected chi connectivity index (χ0v) is 16.1. The van der Waals surface area contributed by atoms with Crippen molar-refractivity contribution < 1.29 is 4.79 Å². The first-order valence-electron chi connectivity index (χ1n) is 10.3. The van der Waals surface area contributed by atoms with Gasteiger partial charge < -0.3 is 15.1 Å². The van der Waals surface area contributed by atoms with Crippen molar-refractivity contribution >= 4 is 6.03 Å². The van der Waals surface area contributed by atoms with E-state index in [4.69, 9.17) is 0 Å². The Hall–Kier alpha value is -1.69. The molecule has 6 heteroatoms. The summed E-state index contributed by atoms with van der Waals surface area (Å²) in [5.74, 6) is 0.957. The van der Waals surface area contributed by atoms with Crippen molar-refractivity contribution in [2.24, 2.45) is 5.92 Å². The molecule has 0 spiro atoms. The summed E-state index contributed by atoms with van der Waals surface area (Å²) in [6.07, 6.45) is 10.5. The fourth-order valence-electron chi connectivity index (χ4n) is 4.08. The smallest absolute Gasteiger partial charge is 0.317 e. The van der Waals surface area contributed by atoms with Gasteiger partial charge in [0.25, 0.3) is 0 Å². The van der Waals surface area contributed by atoms with Gasteiger partial charge in [-0.2, -0.15) is 0 Å². The van der Waals surface area contributed by atoms with E-state index < -0.39 is 0 Å². The minimum atomic E-state index is 0.0946. The summed E-state index contributed by atoms with van der Waals surface area (Å²) in [6.45, 7) is 8.27. The molecule has 3 heterocycles. The Balaban J connectivity index is 1.40. The molecule has 6 nitrogen and oxygen atoms in total. The second kappa shape index (κ2) is 9.86. The lowest BCUT2D eigenvalue weighted by Crippen LogP contribution is -2.47. The average molecular weight is 360 g/mol. The number of hydrogen-bond acceptors (Lipinski definition) is 4. The predicted octanol–water partition coefficient (Wildman–Crippen LogP) is 2.88. The van der Waals surface area contributed by atoms with E-state index in [1.54, 1.807) is 12.5 Å². The van der Waals surface area contributed by atoms with Crippen LogP contribution in [0.5, 0.6) is 0 Å². The van der Waals surface area contributed by atoms with Gasteiger partial charge in [0.2, 0.25) is 0 Å². The van der Waals surface area contributed by atoms with Crippen LogP contribution < -0.4 is 5.32 Å². The van der Waals surface area contributed by atoms with Crippen molar-refractivity contribution in [3.63, 3.8) is 0 Å². The first-order chi connectivity index (χ1) is 12.8. The molecule has 144 valence electrons. The molecule has 1 unspecified atom stereocenters. The highest BCUT2D eigenvalue weighted by Crippen LogP contribution is 2.25. The zero-order chi connectivity index (χ0) is 18.2. The zero-order valence-electron chi connectivity index (χ0n) is 16.1. The maximum atomic E-state index is 12.6. The average Bonchev–Trinajstić information content (AvgIpc) is 2.72. The summed E-state index contributed by atoms with van der Waals surface area (Å²) in [5, 5.41) is 3.19. The third-order valence-corrected chi connectivity index (χ3v) is 5.81. The molecule has 3 rings (SSSR count). The summed E-state index contributed by atoms with van der Waals surface area (Å²) in [7, 11) is 0. The third kappa shape index (κ3) is 5.40. The molecule has 2 amide bonds. The number of likely N-dealkylation sites (tertiary alicyclic amines) is 2. The van der Waals surface area contributed by atoms with Crippen molar-refractivity contribution in [1.82, 2.24) is 25.1 Å². The molecule has 0 radical (unpaired) electrons. The van der Waals surface area contributed by atoms with Gasteiger partial charge in [-0.25, -0.2) is 14.8 Å². The van der Waals surface area contributed by atoms with Crippen LogP contribution >= 0.6 is 0 Å². The van der Waals surface area contributed by atoms with Crippen LogP contribution in [0.4, 0.5) is 4.79 Å². The van der Waals surface area contributed by atoms with Crippen LogP contribution in [0.2, 0.25) is 0 Å². The monoisotopic (exact) mass is 359 g/mol. The lowest BCUT2D eigenvalue weighted by atomic mass is 9.94. The van der Waals surface area contributed by atoms with Crippen LogP contribution in [0.1, 0.15) is 57.1 Å². The molecule has 0 aromatic carbocycles. The molecule has 2 aliphatic rings. The molecule has 0 bridgehead atoms.